The molecule has 0 fully saturated rings. The molecule has 3 N–H and O–H groups in total. The number of hydrogen-bond donors (Lipinski definition) is 3. The lowest BCUT2D eigenvalue weighted by Gasteiger charge is -2.29. The third-order valence-electron chi connectivity index (χ3n) is 2.75. The minimum Gasteiger partial charge on any atom is -0.481 e. The molecular formula is C14H25N2O7+. The van der Waals surface area contributed by atoms with Gasteiger partial charge >= 0.3 is 17.9 Å². The summed E-state index contributed by atoms with van der Waals surface area (Å²) < 4.78 is 5.57. The average molecular weight is 333 g/mol. The van der Waals surface area contributed by atoms with Crippen LogP contribution < -0.4 is 5.32 Å². The number of amides is 1. The number of carbonyl (C=O) groups excluding carboxylic acids is 2. The van der Waals surface area contributed by atoms with E-state index >= 15 is 0 Å². The predicted molar refractivity (Wildman–Crippen MR) is 79.5 cm³/mol. The molecule has 1 unspecified atom stereocenters. The van der Waals surface area contributed by atoms with Crippen LogP contribution in [0.15, 0.2) is 0 Å². The molecule has 0 rings (SSSR count). The highest BCUT2D eigenvalue weighted by Gasteiger charge is 2.29. The summed E-state index contributed by atoms with van der Waals surface area (Å²) in [5, 5.41) is 19.9. The van der Waals surface area contributed by atoms with Crippen molar-refractivity contribution in [3.63, 3.8) is 0 Å². The topological polar surface area (TPSA) is 130 Å². The monoisotopic (exact) mass is 333 g/mol. The lowest BCUT2D eigenvalue weighted by molar-refractivity contribution is -0.873. The molecule has 0 aromatic carbocycles. The first-order valence-electron chi connectivity index (χ1n) is 7.12. The number of likely N-dealkylation sites (N-methyl/N-ethyl adjacent to an activating group) is 1. The maximum atomic E-state index is 12.1. The Bertz CT molecular complexity index is 457. The van der Waals surface area contributed by atoms with Crippen molar-refractivity contribution in [3.05, 3.63) is 0 Å². The van der Waals surface area contributed by atoms with Crippen molar-refractivity contribution >= 4 is 23.8 Å². The van der Waals surface area contributed by atoms with Crippen LogP contribution in [-0.2, 0) is 23.9 Å². The lowest BCUT2D eigenvalue weighted by Crippen LogP contribution is -2.47. The second kappa shape index (κ2) is 9.09. The molecule has 0 bridgehead atoms. The fourth-order valence-electron chi connectivity index (χ4n) is 1.96. The van der Waals surface area contributed by atoms with Gasteiger partial charge in [-0.15, -0.1) is 0 Å². The van der Waals surface area contributed by atoms with Crippen LogP contribution in [0, 0.1) is 0 Å². The van der Waals surface area contributed by atoms with E-state index in [2.05, 4.69) is 5.32 Å². The van der Waals surface area contributed by atoms with Crippen LogP contribution in [0.2, 0.25) is 0 Å². The molecule has 0 radical (unpaired) electrons. The van der Waals surface area contributed by atoms with Crippen molar-refractivity contribution in [3.8, 4) is 0 Å². The minimum absolute atomic E-state index is 0.127. The molecule has 2 atom stereocenters. The molecule has 132 valence electrons. The molecule has 0 aromatic rings. The first-order chi connectivity index (χ1) is 10.4. The minimum atomic E-state index is -1.12. The van der Waals surface area contributed by atoms with Crippen molar-refractivity contribution in [1.29, 1.82) is 0 Å². The highest BCUT2D eigenvalue weighted by Crippen LogP contribution is 2.09. The SMILES string of the molecule is CC(=O)N[C@@H](CCC(=O)O)C(=O)OC(CC(=O)O)C[N+](C)(C)C. The van der Waals surface area contributed by atoms with Gasteiger partial charge in [0.25, 0.3) is 0 Å². The number of ether oxygens (including phenoxy) is 1. The summed E-state index contributed by atoms with van der Waals surface area (Å²) >= 11 is 0. The highest BCUT2D eigenvalue weighted by atomic mass is 16.5. The summed E-state index contributed by atoms with van der Waals surface area (Å²) in [5.41, 5.74) is 0. The van der Waals surface area contributed by atoms with E-state index in [0.29, 0.717) is 4.48 Å². The molecule has 0 aliphatic carbocycles. The number of nitrogens with one attached hydrogen (secondary N) is 1. The Morgan fingerprint density at radius 2 is 1.65 bits per heavy atom. The Balaban J connectivity index is 4.94. The third-order valence-corrected chi connectivity index (χ3v) is 2.75. The Morgan fingerprint density at radius 1 is 1.09 bits per heavy atom. The Kier molecular flexibility index (Phi) is 8.23. The molecule has 0 heterocycles. The molecule has 23 heavy (non-hydrogen) atoms. The molecule has 0 aromatic heterocycles. The highest BCUT2D eigenvalue weighted by molar-refractivity contribution is 5.84. The smallest absolute Gasteiger partial charge is 0.329 e. The van der Waals surface area contributed by atoms with Gasteiger partial charge in [-0.05, 0) is 6.42 Å². The van der Waals surface area contributed by atoms with E-state index in [9.17, 15) is 19.2 Å². The van der Waals surface area contributed by atoms with Crippen LogP contribution in [0.1, 0.15) is 26.2 Å². The van der Waals surface area contributed by atoms with Crippen LogP contribution in [0.25, 0.3) is 0 Å². The molecule has 0 spiro atoms. The van der Waals surface area contributed by atoms with Crippen LogP contribution in [0.5, 0.6) is 0 Å². The van der Waals surface area contributed by atoms with Gasteiger partial charge in [0.2, 0.25) is 5.91 Å². The quantitative estimate of drug-likeness (QED) is 0.361. The van der Waals surface area contributed by atoms with Crippen LogP contribution in [0.4, 0.5) is 0 Å². The van der Waals surface area contributed by atoms with Crippen molar-refractivity contribution < 1.29 is 38.6 Å². The van der Waals surface area contributed by atoms with Crippen LogP contribution in [0.3, 0.4) is 0 Å². The maximum absolute atomic E-state index is 12.1. The zero-order valence-corrected chi connectivity index (χ0v) is 13.9. The van der Waals surface area contributed by atoms with E-state index in [1.807, 2.05) is 21.1 Å². The number of aliphatic carboxylic acids is 2. The summed E-state index contributed by atoms with van der Waals surface area (Å²) in [5.74, 6) is -3.56. The molecule has 1 amide bonds. The number of carboxylic acid groups (broad SMARTS) is 2. The van der Waals surface area contributed by atoms with E-state index in [1.165, 1.54) is 6.92 Å². The fraction of sp³-hybridized carbons (Fsp3) is 0.714. The molecule has 0 aliphatic rings. The van der Waals surface area contributed by atoms with Crippen molar-refractivity contribution in [2.24, 2.45) is 0 Å². The van der Waals surface area contributed by atoms with Gasteiger partial charge in [-0.1, -0.05) is 0 Å². The van der Waals surface area contributed by atoms with Gasteiger partial charge in [-0.3, -0.25) is 14.4 Å². The standard InChI is InChI=1S/C14H24N2O7/c1-9(17)15-11(5-6-12(18)19)14(22)23-10(7-13(20)21)8-16(2,3)4/h10-11H,5-8H2,1-4H3,(H2-,15,17,18,19,20,21)/p+1/t10?,11-/m0/s1. The molecule has 9 nitrogen and oxygen atoms in total. The Labute approximate surface area is 134 Å². The van der Waals surface area contributed by atoms with E-state index in [4.69, 9.17) is 14.9 Å². The van der Waals surface area contributed by atoms with Gasteiger partial charge in [-0.25, -0.2) is 4.79 Å². The molecular weight excluding hydrogens is 308 g/mol. The first-order valence-corrected chi connectivity index (χ1v) is 7.12. The van der Waals surface area contributed by atoms with E-state index in [0.717, 1.165) is 0 Å². The van der Waals surface area contributed by atoms with Gasteiger partial charge in [0, 0.05) is 13.3 Å². The van der Waals surface area contributed by atoms with E-state index in [1.54, 1.807) is 0 Å². The summed E-state index contributed by atoms with van der Waals surface area (Å²) in [6.45, 7) is 1.46. The number of esters is 1. The lowest BCUT2D eigenvalue weighted by atomic mass is 10.1. The second-order valence-corrected chi connectivity index (χ2v) is 6.32. The van der Waals surface area contributed by atoms with Gasteiger partial charge in [0.15, 0.2) is 6.10 Å². The van der Waals surface area contributed by atoms with Crippen molar-refractivity contribution in [2.45, 2.75) is 38.3 Å². The number of hydrogen-bond acceptors (Lipinski definition) is 5. The zero-order chi connectivity index (χ0) is 18.2. The third kappa shape index (κ3) is 11.1. The predicted octanol–water partition coefficient (Wildman–Crippen LogP) is -0.551. The summed E-state index contributed by atoms with van der Waals surface area (Å²) in [4.78, 5) is 44.8. The van der Waals surface area contributed by atoms with Gasteiger partial charge in [-0.2, -0.15) is 0 Å². The molecule has 0 saturated heterocycles. The van der Waals surface area contributed by atoms with Crippen LogP contribution >= 0.6 is 0 Å². The summed E-state index contributed by atoms with van der Waals surface area (Å²) in [6.07, 6.45) is -1.69. The second-order valence-electron chi connectivity index (χ2n) is 6.32. The largest absolute Gasteiger partial charge is 0.481 e. The van der Waals surface area contributed by atoms with E-state index < -0.39 is 36.0 Å². The summed E-state index contributed by atoms with van der Waals surface area (Å²) in [6, 6.07) is -1.12. The molecule has 0 saturated carbocycles. The fourth-order valence-corrected chi connectivity index (χ4v) is 1.96. The Morgan fingerprint density at radius 3 is 2.04 bits per heavy atom. The number of rotatable bonds is 10. The van der Waals surface area contributed by atoms with E-state index in [-0.39, 0.29) is 25.8 Å². The summed E-state index contributed by atoms with van der Waals surface area (Å²) in [7, 11) is 5.45. The van der Waals surface area contributed by atoms with Gasteiger partial charge in [0.05, 0.1) is 27.6 Å². The van der Waals surface area contributed by atoms with Gasteiger partial charge < -0.3 is 24.7 Å². The number of quaternary nitrogens is 1. The van der Waals surface area contributed by atoms with Crippen LogP contribution in [-0.4, -0.2) is 78.3 Å². The number of carbonyl (C=O) groups is 4. The number of nitrogens with zero attached hydrogens (tertiary/aromatic N) is 1. The average Bonchev–Trinajstić information content (AvgIpc) is 2.30. The van der Waals surface area contributed by atoms with Gasteiger partial charge in [0.1, 0.15) is 12.6 Å². The Hall–Kier alpha value is -2.16. The maximum Gasteiger partial charge on any atom is 0.329 e. The van der Waals surface area contributed by atoms with Crippen molar-refractivity contribution in [2.75, 3.05) is 27.7 Å². The first kappa shape index (κ1) is 20.8. The zero-order valence-electron chi connectivity index (χ0n) is 13.9. The molecule has 0 aliphatic heterocycles. The number of carboxylic acids is 2. The molecule has 9 heteroatoms. The normalized spacial score (nSPS) is 13.7. The van der Waals surface area contributed by atoms with Crippen molar-refractivity contribution in [1.82, 2.24) is 5.32 Å².